The van der Waals surface area contributed by atoms with Crippen molar-refractivity contribution < 1.29 is 4.79 Å². The number of amides is 1. The van der Waals surface area contributed by atoms with Crippen molar-refractivity contribution >= 4 is 28.8 Å². The number of nitrogens with one attached hydrogen (secondary N) is 2. The maximum atomic E-state index is 12.7. The number of hydrogen-bond donors (Lipinski definition) is 2. The Morgan fingerprint density at radius 2 is 2.28 bits per heavy atom. The van der Waals surface area contributed by atoms with E-state index in [-0.39, 0.29) is 11.9 Å². The van der Waals surface area contributed by atoms with Gasteiger partial charge in [0.2, 0.25) is 0 Å². The minimum absolute atomic E-state index is 0.00494. The lowest BCUT2D eigenvalue weighted by molar-refractivity contribution is 0.0935. The van der Waals surface area contributed by atoms with E-state index in [4.69, 9.17) is 11.6 Å². The SMILES string of the molecule is O=C(NC(CNc1ncncc1Cl)C1CC1)c1cccn2nncc12. The van der Waals surface area contributed by atoms with E-state index in [1.54, 1.807) is 29.0 Å². The zero-order valence-corrected chi connectivity index (χ0v) is 14.0. The van der Waals surface area contributed by atoms with Crippen LogP contribution in [0.4, 0.5) is 5.82 Å². The van der Waals surface area contributed by atoms with Gasteiger partial charge in [-0.2, -0.15) is 0 Å². The van der Waals surface area contributed by atoms with E-state index in [0.717, 1.165) is 12.8 Å². The second-order valence-corrected chi connectivity index (χ2v) is 6.41. The maximum Gasteiger partial charge on any atom is 0.253 e. The van der Waals surface area contributed by atoms with Gasteiger partial charge < -0.3 is 10.6 Å². The summed E-state index contributed by atoms with van der Waals surface area (Å²) >= 11 is 6.07. The third-order valence-corrected chi connectivity index (χ3v) is 4.53. The normalized spacial score (nSPS) is 15.1. The molecule has 1 fully saturated rings. The lowest BCUT2D eigenvalue weighted by Crippen LogP contribution is -2.41. The van der Waals surface area contributed by atoms with Crippen LogP contribution in [0.15, 0.2) is 37.1 Å². The molecule has 128 valence electrons. The Morgan fingerprint density at radius 1 is 1.40 bits per heavy atom. The lowest BCUT2D eigenvalue weighted by atomic mass is 10.1. The molecule has 1 aliphatic carbocycles. The molecule has 9 heteroatoms. The molecule has 0 spiro atoms. The van der Waals surface area contributed by atoms with Crippen LogP contribution in [-0.4, -0.2) is 43.3 Å². The monoisotopic (exact) mass is 357 g/mol. The number of hydrogen-bond acceptors (Lipinski definition) is 6. The number of anilines is 1. The Labute approximate surface area is 148 Å². The summed E-state index contributed by atoms with van der Waals surface area (Å²) in [5, 5.41) is 14.5. The molecule has 1 atom stereocenters. The molecule has 2 N–H and O–H groups in total. The van der Waals surface area contributed by atoms with Crippen LogP contribution in [0, 0.1) is 5.92 Å². The summed E-state index contributed by atoms with van der Waals surface area (Å²) < 4.78 is 1.58. The third kappa shape index (κ3) is 3.39. The summed E-state index contributed by atoms with van der Waals surface area (Å²) in [6, 6.07) is 3.55. The van der Waals surface area contributed by atoms with Crippen molar-refractivity contribution in [3.8, 4) is 0 Å². The first-order chi connectivity index (χ1) is 12.2. The largest absolute Gasteiger partial charge is 0.367 e. The van der Waals surface area contributed by atoms with E-state index in [1.165, 1.54) is 12.5 Å². The van der Waals surface area contributed by atoms with Gasteiger partial charge in [0.1, 0.15) is 17.2 Å². The van der Waals surface area contributed by atoms with Gasteiger partial charge in [-0.15, -0.1) is 5.10 Å². The minimum Gasteiger partial charge on any atom is -0.367 e. The quantitative estimate of drug-likeness (QED) is 0.698. The molecule has 0 saturated heterocycles. The number of nitrogens with zero attached hydrogens (tertiary/aromatic N) is 5. The summed E-state index contributed by atoms with van der Waals surface area (Å²) in [7, 11) is 0. The van der Waals surface area contributed by atoms with Gasteiger partial charge in [0.05, 0.1) is 23.5 Å². The fourth-order valence-corrected chi connectivity index (χ4v) is 2.95. The van der Waals surface area contributed by atoms with Crippen molar-refractivity contribution in [3.63, 3.8) is 0 Å². The topological polar surface area (TPSA) is 97.1 Å². The van der Waals surface area contributed by atoms with E-state index < -0.39 is 0 Å². The molecule has 1 amide bonds. The molecule has 25 heavy (non-hydrogen) atoms. The highest BCUT2D eigenvalue weighted by atomic mass is 35.5. The molecule has 0 bridgehead atoms. The maximum absolute atomic E-state index is 12.7. The fourth-order valence-electron chi connectivity index (χ4n) is 2.77. The molecule has 3 heterocycles. The number of rotatable bonds is 6. The van der Waals surface area contributed by atoms with Crippen molar-refractivity contribution in [2.75, 3.05) is 11.9 Å². The van der Waals surface area contributed by atoms with Crippen molar-refractivity contribution in [1.82, 2.24) is 30.1 Å². The Hall–Kier alpha value is -2.74. The standard InChI is InChI=1S/C16H16ClN7O/c17-12-6-18-9-20-15(12)19-7-13(10-3-4-10)22-16(25)11-2-1-5-24-14(11)8-21-23-24/h1-2,5-6,8-10,13H,3-4,7H2,(H,22,25)(H,18,19,20). The Morgan fingerprint density at radius 3 is 3.08 bits per heavy atom. The summed E-state index contributed by atoms with van der Waals surface area (Å²) in [5.41, 5.74) is 1.24. The molecule has 1 aliphatic rings. The van der Waals surface area contributed by atoms with Crippen molar-refractivity contribution in [2.24, 2.45) is 5.92 Å². The smallest absolute Gasteiger partial charge is 0.253 e. The van der Waals surface area contributed by atoms with Gasteiger partial charge in [-0.25, -0.2) is 14.5 Å². The lowest BCUT2D eigenvalue weighted by Gasteiger charge is -2.19. The summed E-state index contributed by atoms with van der Waals surface area (Å²) in [5.74, 6) is 0.888. The molecule has 4 rings (SSSR count). The van der Waals surface area contributed by atoms with Crippen LogP contribution >= 0.6 is 11.6 Å². The van der Waals surface area contributed by atoms with E-state index >= 15 is 0 Å². The van der Waals surface area contributed by atoms with Crippen LogP contribution in [0.3, 0.4) is 0 Å². The predicted molar refractivity (Wildman–Crippen MR) is 92.5 cm³/mol. The van der Waals surface area contributed by atoms with E-state index in [0.29, 0.717) is 34.4 Å². The average Bonchev–Trinajstić information content (AvgIpc) is 3.35. The Kier molecular flexibility index (Phi) is 4.19. The highest BCUT2D eigenvalue weighted by molar-refractivity contribution is 6.32. The summed E-state index contributed by atoms with van der Waals surface area (Å²) in [6.45, 7) is 0.549. The van der Waals surface area contributed by atoms with Crippen molar-refractivity contribution in [2.45, 2.75) is 18.9 Å². The molecular weight excluding hydrogens is 342 g/mol. The Balaban J connectivity index is 1.48. The highest BCUT2D eigenvalue weighted by Gasteiger charge is 2.32. The summed E-state index contributed by atoms with van der Waals surface area (Å²) in [4.78, 5) is 20.7. The molecule has 8 nitrogen and oxygen atoms in total. The first-order valence-electron chi connectivity index (χ1n) is 8.01. The molecule has 1 saturated carbocycles. The number of carbonyl (C=O) groups excluding carboxylic acids is 1. The molecule has 0 radical (unpaired) electrons. The van der Waals surface area contributed by atoms with Crippen molar-refractivity contribution in [3.05, 3.63) is 47.6 Å². The van der Waals surface area contributed by atoms with Crippen LogP contribution in [0.1, 0.15) is 23.2 Å². The molecular formula is C16H16ClN7O. The van der Waals surface area contributed by atoms with Crippen LogP contribution in [0.5, 0.6) is 0 Å². The van der Waals surface area contributed by atoms with Gasteiger partial charge in [0.25, 0.3) is 5.91 Å². The van der Waals surface area contributed by atoms with Gasteiger partial charge in [-0.3, -0.25) is 4.79 Å². The second kappa shape index (κ2) is 6.64. The number of fused-ring (bicyclic) bond motifs is 1. The summed E-state index contributed by atoms with van der Waals surface area (Å²) in [6.07, 6.45) is 8.52. The minimum atomic E-state index is -0.139. The first kappa shape index (κ1) is 15.8. The highest BCUT2D eigenvalue weighted by Crippen LogP contribution is 2.33. The zero-order valence-electron chi connectivity index (χ0n) is 13.3. The second-order valence-electron chi connectivity index (χ2n) is 6.00. The first-order valence-corrected chi connectivity index (χ1v) is 8.39. The van der Waals surface area contributed by atoms with Crippen LogP contribution in [0.2, 0.25) is 5.02 Å². The van der Waals surface area contributed by atoms with Crippen LogP contribution in [-0.2, 0) is 0 Å². The average molecular weight is 358 g/mol. The zero-order chi connectivity index (χ0) is 17.2. The van der Waals surface area contributed by atoms with Crippen LogP contribution in [0.25, 0.3) is 5.52 Å². The van der Waals surface area contributed by atoms with E-state index in [9.17, 15) is 4.79 Å². The number of pyridine rings is 1. The number of aromatic nitrogens is 5. The van der Waals surface area contributed by atoms with Gasteiger partial charge in [0.15, 0.2) is 0 Å². The Bertz CT molecular complexity index is 908. The van der Waals surface area contributed by atoms with Crippen LogP contribution < -0.4 is 10.6 Å². The molecule has 0 aromatic carbocycles. The molecule has 0 aliphatic heterocycles. The predicted octanol–water partition coefficient (Wildman–Crippen LogP) is 1.79. The van der Waals surface area contributed by atoms with E-state index in [2.05, 4.69) is 30.9 Å². The fraction of sp³-hybridized carbons (Fsp3) is 0.312. The van der Waals surface area contributed by atoms with Gasteiger partial charge in [0, 0.05) is 18.8 Å². The molecule has 3 aromatic heterocycles. The van der Waals surface area contributed by atoms with E-state index in [1.807, 2.05) is 0 Å². The number of halogens is 1. The van der Waals surface area contributed by atoms with Gasteiger partial charge in [-0.05, 0) is 30.9 Å². The molecule has 3 aromatic rings. The van der Waals surface area contributed by atoms with Crippen molar-refractivity contribution in [1.29, 1.82) is 0 Å². The number of carbonyl (C=O) groups is 1. The molecule has 1 unspecified atom stereocenters. The van der Waals surface area contributed by atoms with Gasteiger partial charge in [-0.1, -0.05) is 16.8 Å². The third-order valence-electron chi connectivity index (χ3n) is 4.25. The van der Waals surface area contributed by atoms with Gasteiger partial charge >= 0.3 is 0 Å².